The van der Waals surface area contributed by atoms with E-state index in [4.69, 9.17) is 11.6 Å². The van der Waals surface area contributed by atoms with Crippen LogP contribution in [0, 0.1) is 12.8 Å². The van der Waals surface area contributed by atoms with Gasteiger partial charge in [-0.3, -0.25) is 0 Å². The highest BCUT2D eigenvalue weighted by atomic mass is 35.5. The summed E-state index contributed by atoms with van der Waals surface area (Å²) in [6, 6.07) is 8.91. The maximum Gasteiger partial charge on any atom is 0.243 e. The van der Waals surface area contributed by atoms with Crippen molar-refractivity contribution in [1.29, 1.82) is 0 Å². The number of rotatable bonds is 4. The van der Waals surface area contributed by atoms with E-state index in [1.807, 2.05) is 19.1 Å². The summed E-state index contributed by atoms with van der Waals surface area (Å²) in [5.74, 6) is 2.49. The topological polar surface area (TPSA) is 69.6 Å². The molecule has 2 saturated heterocycles. The first-order valence-electron chi connectivity index (χ1n) is 10.4. The van der Waals surface area contributed by atoms with Crippen LogP contribution in [-0.2, 0) is 10.0 Å². The molecule has 0 atom stereocenters. The van der Waals surface area contributed by atoms with Gasteiger partial charge in [-0.1, -0.05) is 24.6 Å². The average Bonchev–Trinajstić information content (AvgIpc) is 2.76. The number of sulfonamides is 1. The van der Waals surface area contributed by atoms with Gasteiger partial charge in [0.1, 0.15) is 0 Å². The van der Waals surface area contributed by atoms with Gasteiger partial charge in [-0.05, 0) is 55.5 Å². The smallest absolute Gasteiger partial charge is 0.243 e. The van der Waals surface area contributed by atoms with E-state index >= 15 is 0 Å². The van der Waals surface area contributed by atoms with E-state index in [0.717, 1.165) is 36.2 Å². The van der Waals surface area contributed by atoms with E-state index < -0.39 is 10.0 Å². The number of piperidine rings is 1. The molecule has 0 unspecified atom stereocenters. The normalized spacial score (nSPS) is 19.3. The number of aromatic nitrogens is 2. The van der Waals surface area contributed by atoms with Crippen LogP contribution in [0.3, 0.4) is 0 Å². The van der Waals surface area contributed by atoms with Crippen LogP contribution < -0.4 is 9.80 Å². The van der Waals surface area contributed by atoms with E-state index in [-0.39, 0.29) is 4.90 Å². The van der Waals surface area contributed by atoms with Gasteiger partial charge in [0.2, 0.25) is 10.0 Å². The minimum atomic E-state index is -3.55. The molecule has 162 valence electrons. The molecule has 4 rings (SSSR count). The Kier molecular flexibility index (Phi) is 6.18. The van der Waals surface area contributed by atoms with Gasteiger partial charge < -0.3 is 9.80 Å². The van der Waals surface area contributed by atoms with Crippen molar-refractivity contribution >= 4 is 33.3 Å². The van der Waals surface area contributed by atoms with E-state index in [0.29, 0.717) is 31.2 Å². The third kappa shape index (κ3) is 4.40. The van der Waals surface area contributed by atoms with E-state index in [2.05, 4.69) is 26.9 Å². The second-order valence-electron chi connectivity index (χ2n) is 8.22. The highest BCUT2D eigenvalue weighted by Gasteiger charge is 2.29. The van der Waals surface area contributed by atoms with E-state index in [9.17, 15) is 8.42 Å². The lowest BCUT2D eigenvalue weighted by atomic mass is 9.99. The Hall–Kier alpha value is -1.90. The van der Waals surface area contributed by atoms with Crippen molar-refractivity contribution in [3.05, 3.63) is 40.9 Å². The monoisotopic (exact) mass is 449 g/mol. The molecule has 2 aliphatic rings. The van der Waals surface area contributed by atoms with Gasteiger partial charge in [0.15, 0.2) is 11.6 Å². The van der Waals surface area contributed by atoms with Crippen molar-refractivity contribution in [3.63, 3.8) is 0 Å². The molecule has 9 heteroatoms. The fourth-order valence-electron chi connectivity index (χ4n) is 3.93. The maximum absolute atomic E-state index is 13.0. The summed E-state index contributed by atoms with van der Waals surface area (Å²) in [5, 5.41) is 9.30. The number of piperazine rings is 1. The minimum absolute atomic E-state index is 0.242. The summed E-state index contributed by atoms with van der Waals surface area (Å²) in [7, 11) is -3.55. The first-order chi connectivity index (χ1) is 14.3. The Balaban J connectivity index is 1.39. The third-order valence-corrected chi connectivity index (χ3v) is 8.39. The van der Waals surface area contributed by atoms with Gasteiger partial charge in [0.25, 0.3) is 0 Å². The number of anilines is 2. The molecule has 1 aromatic heterocycles. The van der Waals surface area contributed by atoms with Gasteiger partial charge in [-0.25, -0.2) is 8.42 Å². The van der Waals surface area contributed by atoms with Crippen LogP contribution in [-0.4, -0.2) is 62.2 Å². The maximum atomic E-state index is 13.0. The molecule has 30 heavy (non-hydrogen) atoms. The predicted molar refractivity (Wildman–Crippen MR) is 120 cm³/mol. The zero-order valence-electron chi connectivity index (χ0n) is 17.5. The second kappa shape index (κ2) is 8.69. The number of halogens is 1. The quantitative estimate of drug-likeness (QED) is 0.714. The molecule has 0 spiro atoms. The van der Waals surface area contributed by atoms with Crippen LogP contribution >= 0.6 is 11.6 Å². The van der Waals surface area contributed by atoms with Gasteiger partial charge in [-0.2, -0.15) is 4.31 Å². The van der Waals surface area contributed by atoms with E-state index in [1.165, 1.54) is 23.2 Å². The lowest BCUT2D eigenvalue weighted by molar-refractivity contribution is 0.383. The third-order valence-electron chi connectivity index (χ3n) is 6.09. The number of aryl methyl sites for hydroxylation is 1. The van der Waals surface area contributed by atoms with Crippen LogP contribution in [0.1, 0.15) is 25.3 Å². The first kappa shape index (κ1) is 21.3. The van der Waals surface area contributed by atoms with Gasteiger partial charge in [-0.15, -0.1) is 10.2 Å². The zero-order valence-corrected chi connectivity index (χ0v) is 19.0. The van der Waals surface area contributed by atoms with Crippen molar-refractivity contribution in [3.8, 4) is 0 Å². The Morgan fingerprint density at radius 1 is 0.900 bits per heavy atom. The summed E-state index contributed by atoms with van der Waals surface area (Å²) >= 11 is 6.13. The fourth-order valence-corrected chi connectivity index (χ4v) is 5.63. The van der Waals surface area contributed by atoms with Crippen LogP contribution in [0.2, 0.25) is 5.02 Å². The van der Waals surface area contributed by atoms with Crippen molar-refractivity contribution < 1.29 is 8.42 Å². The van der Waals surface area contributed by atoms with Gasteiger partial charge >= 0.3 is 0 Å². The summed E-state index contributed by atoms with van der Waals surface area (Å²) in [5.41, 5.74) is 0.863. The molecule has 0 aliphatic carbocycles. The molecule has 2 fully saturated rings. The van der Waals surface area contributed by atoms with E-state index in [1.54, 1.807) is 12.1 Å². The fraction of sp³-hybridized carbons (Fsp3) is 0.524. The molecular formula is C21H28ClN5O2S. The lowest BCUT2D eigenvalue weighted by Crippen LogP contribution is -2.49. The highest BCUT2D eigenvalue weighted by molar-refractivity contribution is 7.89. The molecule has 1 aromatic carbocycles. The SMILES string of the molecule is Cc1ccc(S(=O)(=O)N2CCN(c3ccc(N4CCC(C)CC4)nn3)CC2)cc1Cl. The van der Waals surface area contributed by atoms with Crippen LogP contribution in [0.5, 0.6) is 0 Å². The minimum Gasteiger partial charge on any atom is -0.355 e. The van der Waals surface area contributed by atoms with Gasteiger partial charge in [0.05, 0.1) is 4.90 Å². The molecule has 0 saturated carbocycles. The number of nitrogens with zero attached hydrogens (tertiary/aromatic N) is 5. The first-order valence-corrected chi connectivity index (χ1v) is 12.3. The number of hydrogen-bond acceptors (Lipinski definition) is 6. The molecule has 0 amide bonds. The summed E-state index contributed by atoms with van der Waals surface area (Å²) in [4.78, 5) is 4.61. The molecule has 0 N–H and O–H groups in total. The summed E-state index contributed by atoms with van der Waals surface area (Å²) in [6.45, 7) is 8.16. The standard InChI is InChI=1S/C21H28ClN5O2S/c1-16-7-9-25(10-8-16)20-5-6-21(24-23-20)26-11-13-27(14-12-26)30(28,29)18-4-3-17(2)19(22)15-18/h3-6,15-16H,7-14H2,1-2H3. The van der Waals surface area contributed by atoms with Crippen LogP contribution in [0.4, 0.5) is 11.6 Å². The average molecular weight is 450 g/mol. The van der Waals surface area contributed by atoms with Crippen molar-refractivity contribution in [1.82, 2.24) is 14.5 Å². The lowest BCUT2D eigenvalue weighted by Gasteiger charge is -2.35. The summed E-state index contributed by atoms with van der Waals surface area (Å²) in [6.07, 6.45) is 2.37. The van der Waals surface area contributed by atoms with Gasteiger partial charge in [0, 0.05) is 44.3 Å². The molecule has 0 bridgehead atoms. The van der Waals surface area contributed by atoms with Crippen LogP contribution in [0.15, 0.2) is 35.2 Å². The molecule has 2 aliphatic heterocycles. The van der Waals surface area contributed by atoms with Crippen LogP contribution in [0.25, 0.3) is 0 Å². The van der Waals surface area contributed by atoms with Crippen molar-refractivity contribution in [2.24, 2.45) is 5.92 Å². The Labute approximate surface area is 183 Å². The highest BCUT2D eigenvalue weighted by Crippen LogP contribution is 2.25. The Morgan fingerprint density at radius 3 is 2.00 bits per heavy atom. The zero-order chi connectivity index (χ0) is 21.3. The Bertz CT molecular complexity index is 983. The van der Waals surface area contributed by atoms with Crippen molar-refractivity contribution in [2.75, 3.05) is 49.1 Å². The molecule has 3 heterocycles. The predicted octanol–water partition coefficient (Wildman–Crippen LogP) is 3.19. The second-order valence-corrected chi connectivity index (χ2v) is 10.6. The molecule has 0 radical (unpaired) electrons. The largest absolute Gasteiger partial charge is 0.355 e. The number of benzene rings is 1. The Morgan fingerprint density at radius 2 is 1.47 bits per heavy atom. The summed E-state index contributed by atoms with van der Waals surface area (Å²) < 4.78 is 27.4. The molecular weight excluding hydrogens is 422 g/mol. The molecule has 2 aromatic rings. The molecule has 7 nitrogen and oxygen atoms in total. The number of hydrogen-bond donors (Lipinski definition) is 0. The van der Waals surface area contributed by atoms with Crippen molar-refractivity contribution in [2.45, 2.75) is 31.6 Å².